The number of aromatic amines is 1. The second-order valence-electron chi connectivity index (χ2n) is 6.64. The topological polar surface area (TPSA) is 84.5 Å². The summed E-state index contributed by atoms with van der Waals surface area (Å²) in [6, 6.07) is 12.6. The number of esters is 1. The number of aryl methyl sites for hydroxylation is 1. The third-order valence-electron chi connectivity index (χ3n) is 4.36. The molecular formula is C21H23N3O4. The van der Waals surface area contributed by atoms with Gasteiger partial charge in [0.2, 0.25) is 0 Å². The molecule has 7 heteroatoms. The van der Waals surface area contributed by atoms with Crippen LogP contribution in [0.15, 0.2) is 47.3 Å². The van der Waals surface area contributed by atoms with E-state index in [0.29, 0.717) is 42.0 Å². The predicted molar refractivity (Wildman–Crippen MR) is 107 cm³/mol. The number of ether oxygens (including phenoxy) is 2. The molecule has 7 nitrogen and oxygen atoms in total. The first-order valence-electron chi connectivity index (χ1n) is 8.95. The molecule has 3 rings (SSSR count). The van der Waals surface area contributed by atoms with Gasteiger partial charge in [-0.05, 0) is 44.3 Å². The Hall–Kier alpha value is -3.19. The molecule has 0 aliphatic heterocycles. The second kappa shape index (κ2) is 8.67. The van der Waals surface area contributed by atoms with Gasteiger partial charge in [0.1, 0.15) is 18.2 Å². The van der Waals surface area contributed by atoms with Crippen LogP contribution in [-0.2, 0) is 11.3 Å². The third kappa shape index (κ3) is 4.75. The van der Waals surface area contributed by atoms with E-state index in [0.717, 1.165) is 5.75 Å². The number of benzene rings is 2. The number of fused-ring (bicyclic) bond motifs is 1. The van der Waals surface area contributed by atoms with Gasteiger partial charge in [-0.15, -0.1) is 0 Å². The van der Waals surface area contributed by atoms with Crippen LogP contribution in [0.1, 0.15) is 21.7 Å². The van der Waals surface area contributed by atoms with Crippen LogP contribution in [0.25, 0.3) is 10.9 Å². The van der Waals surface area contributed by atoms with Gasteiger partial charge < -0.3 is 14.5 Å². The summed E-state index contributed by atoms with van der Waals surface area (Å²) >= 11 is 0. The molecule has 1 aromatic heterocycles. The Morgan fingerprint density at radius 3 is 2.64 bits per heavy atom. The van der Waals surface area contributed by atoms with Crippen molar-refractivity contribution < 1.29 is 14.3 Å². The molecule has 0 fully saturated rings. The minimum atomic E-state index is -0.462. The van der Waals surface area contributed by atoms with Crippen molar-refractivity contribution in [2.24, 2.45) is 0 Å². The van der Waals surface area contributed by atoms with Gasteiger partial charge in [0.15, 0.2) is 0 Å². The van der Waals surface area contributed by atoms with E-state index in [9.17, 15) is 9.59 Å². The summed E-state index contributed by atoms with van der Waals surface area (Å²) in [7, 11) is 3.24. The van der Waals surface area contributed by atoms with E-state index in [1.807, 2.05) is 43.1 Å². The van der Waals surface area contributed by atoms with Crippen LogP contribution in [0.4, 0.5) is 0 Å². The highest BCUT2D eigenvalue weighted by Gasteiger charge is 2.11. The molecule has 146 valence electrons. The number of hydrogen-bond donors (Lipinski definition) is 1. The second-order valence-corrected chi connectivity index (χ2v) is 6.64. The summed E-state index contributed by atoms with van der Waals surface area (Å²) in [4.78, 5) is 33.3. The minimum Gasteiger partial charge on any atom is -0.492 e. The van der Waals surface area contributed by atoms with E-state index < -0.39 is 5.97 Å². The van der Waals surface area contributed by atoms with E-state index >= 15 is 0 Å². The molecule has 0 bridgehead atoms. The Morgan fingerprint density at radius 1 is 1.18 bits per heavy atom. The standard InChI is InChI=1S/C21H23N3O4/c1-14-4-7-16(8-5-14)28-11-10-24(2)13-19-22-18-12-15(21(26)27-3)6-9-17(18)20(25)23-19/h4-9,12H,10-11,13H2,1-3H3,(H,22,23,25). The molecule has 0 unspecified atom stereocenters. The minimum absolute atomic E-state index is 0.235. The summed E-state index contributed by atoms with van der Waals surface area (Å²) in [5.74, 6) is 0.889. The van der Waals surface area contributed by atoms with Gasteiger partial charge in [-0.2, -0.15) is 0 Å². The zero-order chi connectivity index (χ0) is 20.1. The summed E-state index contributed by atoms with van der Waals surface area (Å²) in [5, 5.41) is 0.432. The van der Waals surface area contributed by atoms with Gasteiger partial charge in [0.05, 0.1) is 30.1 Å². The lowest BCUT2D eigenvalue weighted by Crippen LogP contribution is -2.26. The normalized spacial score (nSPS) is 11.0. The number of hydrogen-bond acceptors (Lipinski definition) is 6. The molecule has 1 heterocycles. The average Bonchev–Trinajstić information content (AvgIpc) is 2.68. The van der Waals surface area contributed by atoms with Crippen molar-refractivity contribution in [2.45, 2.75) is 13.5 Å². The fraction of sp³-hybridized carbons (Fsp3) is 0.286. The average molecular weight is 381 g/mol. The number of nitrogens with one attached hydrogen (secondary N) is 1. The molecule has 0 aliphatic rings. The number of H-pyrrole nitrogens is 1. The molecular weight excluding hydrogens is 358 g/mol. The number of methoxy groups -OCH3 is 1. The zero-order valence-corrected chi connectivity index (χ0v) is 16.2. The molecule has 0 spiro atoms. The molecule has 3 aromatic rings. The van der Waals surface area contributed by atoms with Gasteiger partial charge in [-0.25, -0.2) is 9.78 Å². The smallest absolute Gasteiger partial charge is 0.337 e. The highest BCUT2D eigenvalue weighted by molar-refractivity contribution is 5.93. The predicted octanol–water partition coefficient (Wildman–Crippen LogP) is 2.53. The summed E-state index contributed by atoms with van der Waals surface area (Å²) < 4.78 is 10.5. The Kier molecular flexibility index (Phi) is 6.06. The number of rotatable bonds is 7. The first kappa shape index (κ1) is 19.6. The van der Waals surface area contributed by atoms with E-state index in [1.165, 1.54) is 12.7 Å². The van der Waals surface area contributed by atoms with E-state index in [1.54, 1.807) is 18.2 Å². The number of nitrogens with zero attached hydrogens (tertiary/aromatic N) is 2. The molecule has 2 aromatic carbocycles. The van der Waals surface area contributed by atoms with Crippen molar-refractivity contribution in [1.82, 2.24) is 14.9 Å². The Balaban J connectivity index is 1.66. The van der Waals surface area contributed by atoms with Gasteiger partial charge in [-0.3, -0.25) is 9.69 Å². The number of carbonyl (C=O) groups excluding carboxylic acids is 1. The van der Waals surface area contributed by atoms with Crippen LogP contribution in [0.2, 0.25) is 0 Å². The van der Waals surface area contributed by atoms with Gasteiger partial charge in [0, 0.05) is 6.54 Å². The van der Waals surface area contributed by atoms with Gasteiger partial charge in [-0.1, -0.05) is 17.7 Å². The highest BCUT2D eigenvalue weighted by atomic mass is 16.5. The lowest BCUT2D eigenvalue weighted by molar-refractivity contribution is 0.0601. The van der Waals surface area contributed by atoms with Gasteiger partial charge in [0.25, 0.3) is 5.56 Å². The summed E-state index contributed by atoms with van der Waals surface area (Å²) in [6.07, 6.45) is 0. The first-order valence-corrected chi connectivity index (χ1v) is 8.95. The third-order valence-corrected chi connectivity index (χ3v) is 4.36. The fourth-order valence-electron chi connectivity index (χ4n) is 2.80. The van der Waals surface area contributed by atoms with Crippen LogP contribution in [-0.4, -0.2) is 48.1 Å². The zero-order valence-electron chi connectivity index (χ0n) is 16.2. The number of aromatic nitrogens is 2. The van der Waals surface area contributed by atoms with Crippen LogP contribution in [0, 0.1) is 6.92 Å². The monoisotopic (exact) mass is 381 g/mol. The van der Waals surface area contributed by atoms with Crippen LogP contribution in [0.5, 0.6) is 5.75 Å². The van der Waals surface area contributed by atoms with E-state index in [4.69, 9.17) is 9.47 Å². The molecule has 0 aliphatic carbocycles. The highest BCUT2D eigenvalue weighted by Crippen LogP contribution is 2.13. The van der Waals surface area contributed by atoms with Crippen molar-refractivity contribution in [3.05, 3.63) is 69.8 Å². The summed E-state index contributed by atoms with van der Waals surface area (Å²) in [6.45, 7) is 3.66. The Labute approximate surface area is 162 Å². The van der Waals surface area contributed by atoms with Crippen molar-refractivity contribution in [3.63, 3.8) is 0 Å². The molecule has 0 saturated heterocycles. The molecule has 0 atom stereocenters. The fourth-order valence-corrected chi connectivity index (χ4v) is 2.80. The van der Waals surface area contributed by atoms with Crippen molar-refractivity contribution in [1.29, 1.82) is 0 Å². The first-order chi connectivity index (χ1) is 13.5. The Bertz CT molecular complexity index is 1030. The lowest BCUT2D eigenvalue weighted by atomic mass is 10.1. The SMILES string of the molecule is COC(=O)c1ccc2c(=O)[nH]c(CN(C)CCOc3ccc(C)cc3)nc2c1. The van der Waals surface area contributed by atoms with Gasteiger partial charge >= 0.3 is 5.97 Å². The molecule has 1 N–H and O–H groups in total. The number of carbonyl (C=O) groups is 1. The maximum atomic E-state index is 12.3. The quantitative estimate of drug-likeness (QED) is 0.633. The largest absolute Gasteiger partial charge is 0.492 e. The molecule has 0 radical (unpaired) electrons. The van der Waals surface area contributed by atoms with E-state index in [2.05, 4.69) is 9.97 Å². The maximum Gasteiger partial charge on any atom is 0.337 e. The van der Waals surface area contributed by atoms with Crippen molar-refractivity contribution in [3.8, 4) is 5.75 Å². The van der Waals surface area contributed by atoms with E-state index in [-0.39, 0.29) is 5.56 Å². The van der Waals surface area contributed by atoms with Crippen LogP contribution < -0.4 is 10.3 Å². The number of likely N-dealkylation sites (N-methyl/N-ethyl adjacent to an activating group) is 1. The van der Waals surface area contributed by atoms with Crippen molar-refractivity contribution in [2.75, 3.05) is 27.3 Å². The summed E-state index contributed by atoms with van der Waals surface area (Å²) in [5.41, 5.74) is 1.77. The molecule has 0 amide bonds. The van der Waals surface area contributed by atoms with Crippen LogP contribution >= 0.6 is 0 Å². The van der Waals surface area contributed by atoms with Crippen molar-refractivity contribution >= 4 is 16.9 Å². The lowest BCUT2D eigenvalue weighted by Gasteiger charge is -2.16. The Morgan fingerprint density at radius 2 is 1.93 bits per heavy atom. The molecule has 0 saturated carbocycles. The van der Waals surface area contributed by atoms with Crippen LogP contribution in [0.3, 0.4) is 0 Å². The maximum absolute atomic E-state index is 12.3. The molecule has 28 heavy (non-hydrogen) atoms.